The second-order valence-corrected chi connectivity index (χ2v) is 27.8. The Balaban J connectivity index is 0.000000421. The minimum atomic E-state index is 0.104. The highest BCUT2D eigenvalue weighted by atomic mass is 16.5. The largest absolute Gasteiger partial charge is 0.462 e. The molecule has 4 aliphatic rings. The summed E-state index contributed by atoms with van der Waals surface area (Å²) in [5.74, 6) is 4.76. The lowest BCUT2D eigenvalue weighted by Gasteiger charge is -2.29. The number of carbonyl (C=O) groups is 2. The van der Waals surface area contributed by atoms with Gasteiger partial charge in [-0.1, -0.05) is 285 Å². The molecule has 0 aromatic rings. The maximum Gasteiger partial charge on any atom is 0.309 e. The monoisotopic (exact) mass is 1120 g/mol. The molecule has 6 nitrogen and oxygen atoms in total. The highest BCUT2D eigenvalue weighted by molar-refractivity contribution is 5.73. The SMILES string of the molecule is CCCCCCCCCCC(CCCCCCCC1CC1CCCCCCCC)OC(=O)C1CCN(C)CC1.CCCCCCCCCCCCC(CCCCCCCC1CC1CCCCCCCC)OC(=O)C1CCN(C)CC1. The Hall–Kier alpha value is -1.14. The third-order valence-electron chi connectivity index (χ3n) is 20.1. The van der Waals surface area contributed by atoms with Crippen molar-refractivity contribution >= 4 is 11.9 Å². The van der Waals surface area contributed by atoms with Gasteiger partial charge in [-0.15, -0.1) is 0 Å². The van der Waals surface area contributed by atoms with Crippen molar-refractivity contribution < 1.29 is 19.1 Å². The summed E-state index contributed by atoms with van der Waals surface area (Å²) in [6.45, 7) is 13.3. The summed E-state index contributed by atoms with van der Waals surface area (Å²) in [6.07, 6.45) is 72.7. The number of likely N-dealkylation sites (tertiary alicyclic amines) is 2. The van der Waals surface area contributed by atoms with E-state index in [1.807, 2.05) is 0 Å². The van der Waals surface area contributed by atoms with Crippen LogP contribution in [0.4, 0.5) is 0 Å². The predicted molar refractivity (Wildman–Crippen MR) is 348 cm³/mol. The zero-order valence-electron chi connectivity index (χ0n) is 55.2. The van der Waals surface area contributed by atoms with Crippen LogP contribution in [0.1, 0.15) is 374 Å². The Labute approximate surface area is 500 Å². The first-order valence-electron chi connectivity index (χ1n) is 37.1. The Bertz CT molecular complexity index is 1370. The minimum Gasteiger partial charge on any atom is -0.462 e. The molecule has 2 saturated heterocycles. The van der Waals surface area contributed by atoms with Gasteiger partial charge in [0, 0.05) is 0 Å². The molecule has 2 aliphatic carbocycles. The number of hydrogen-bond acceptors (Lipinski definition) is 6. The van der Waals surface area contributed by atoms with Gasteiger partial charge >= 0.3 is 11.9 Å². The zero-order chi connectivity index (χ0) is 57.4. The van der Waals surface area contributed by atoms with E-state index < -0.39 is 0 Å². The predicted octanol–water partition coefficient (Wildman–Crippen LogP) is 22.6. The van der Waals surface area contributed by atoms with Gasteiger partial charge in [0.25, 0.3) is 0 Å². The van der Waals surface area contributed by atoms with E-state index in [1.54, 1.807) is 0 Å². The molecule has 0 spiro atoms. The quantitative estimate of drug-likeness (QED) is 0.0447. The molecule has 6 unspecified atom stereocenters. The van der Waals surface area contributed by atoms with Crippen LogP contribution in [0, 0.1) is 35.5 Å². The summed E-state index contributed by atoms with van der Waals surface area (Å²) >= 11 is 0. The zero-order valence-corrected chi connectivity index (χ0v) is 55.2. The lowest BCUT2D eigenvalue weighted by Crippen LogP contribution is -2.35. The van der Waals surface area contributed by atoms with Crippen LogP contribution in [0.5, 0.6) is 0 Å². The first-order valence-corrected chi connectivity index (χ1v) is 37.1. The molecule has 4 fully saturated rings. The van der Waals surface area contributed by atoms with E-state index >= 15 is 0 Å². The number of piperidine rings is 2. The van der Waals surface area contributed by atoms with Gasteiger partial charge in [-0.25, -0.2) is 0 Å². The van der Waals surface area contributed by atoms with Gasteiger partial charge in [0.2, 0.25) is 0 Å². The molecule has 0 amide bonds. The van der Waals surface area contributed by atoms with Crippen LogP contribution in [-0.2, 0) is 19.1 Å². The fourth-order valence-corrected chi connectivity index (χ4v) is 13.9. The van der Waals surface area contributed by atoms with E-state index in [0.29, 0.717) is 0 Å². The van der Waals surface area contributed by atoms with Crippen molar-refractivity contribution in [1.82, 2.24) is 9.80 Å². The van der Waals surface area contributed by atoms with Crippen LogP contribution in [-0.4, -0.2) is 74.2 Å². The van der Waals surface area contributed by atoms with Crippen molar-refractivity contribution in [2.75, 3.05) is 40.3 Å². The van der Waals surface area contributed by atoms with E-state index in [0.717, 1.165) is 101 Å². The average molecular weight is 1120 g/mol. The summed E-state index contributed by atoms with van der Waals surface area (Å²) < 4.78 is 12.4. The molecular weight excluding hydrogens is 981 g/mol. The number of esters is 2. The van der Waals surface area contributed by atoms with Gasteiger partial charge in [-0.3, -0.25) is 9.59 Å². The maximum atomic E-state index is 13.0. The van der Waals surface area contributed by atoms with Gasteiger partial charge in [0.1, 0.15) is 12.2 Å². The van der Waals surface area contributed by atoms with Crippen LogP contribution in [0.3, 0.4) is 0 Å². The summed E-state index contributed by atoms with van der Waals surface area (Å²) in [6, 6.07) is 0. The second kappa shape index (κ2) is 51.1. The molecule has 472 valence electrons. The fraction of sp³-hybridized carbons (Fsp3) is 0.973. The average Bonchev–Trinajstić information content (AvgIpc) is 4.40. The molecule has 0 N–H and O–H groups in total. The van der Waals surface area contributed by atoms with E-state index in [-0.39, 0.29) is 36.0 Å². The van der Waals surface area contributed by atoms with Crippen LogP contribution in [0.15, 0.2) is 0 Å². The van der Waals surface area contributed by atoms with E-state index in [2.05, 4.69) is 51.6 Å². The number of rotatable bonds is 54. The van der Waals surface area contributed by atoms with Crippen LogP contribution in [0.25, 0.3) is 0 Å². The minimum absolute atomic E-state index is 0.104. The van der Waals surface area contributed by atoms with Crippen molar-refractivity contribution in [2.24, 2.45) is 35.5 Å². The molecular formula is C74H142N2O4. The lowest BCUT2D eigenvalue weighted by molar-refractivity contribution is -0.157. The molecule has 2 aliphatic heterocycles. The molecule has 0 radical (unpaired) electrons. The van der Waals surface area contributed by atoms with Crippen LogP contribution >= 0.6 is 0 Å². The second-order valence-electron chi connectivity index (χ2n) is 27.8. The molecule has 0 aromatic carbocycles. The van der Waals surface area contributed by atoms with E-state index in [9.17, 15) is 9.59 Å². The third kappa shape index (κ3) is 40.2. The lowest BCUT2D eigenvalue weighted by atomic mass is 9.97. The molecule has 6 heteroatoms. The van der Waals surface area contributed by atoms with Gasteiger partial charge in [0.05, 0.1) is 11.8 Å². The van der Waals surface area contributed by atoms with Gasteiger partial charge < -0.3 is 19.3 Å². The molecule has 2 heterocycles. The van der Waals surface area contributed by atoms with Crippen LogP contribution in [0.2, 0.25) is 0 Å². The Morgan fingerprint density at radius 2 is 0.512 bits per heavy atom. The highest BCUT2D eigenvalue weighted by Crippen LogP contribution is 2.47. The Morgan fingerprint density at radius 1 is 0.312 bits per heavy atom. The van der Waals surface area contributed by atoms with E-state index in [4.69, 9.17) is 9.47 Å². The third-order valence-corrected chi connectivity index (χ3v) is 20.1. The standard InChI is InChI=1S/C38H73NO2.C36H69NO2/c1-4-6-8-10-12-13-14-15-19-23-27-37(41-38(40)34-29-31-39(3)32-30-34)28-24-20-16-18-22-26-36-33-35(36)25-21-17-11-9-7-5-2;1-4-6-8-10-12-13-17-21-25-35(39-36(38)32-27-29-37(3)30-28-32)26-22-18-14-16-20-24-34-31-33(34)23-19-15-11-9-7-5-2/h34-37H,4-33H2,1-3H3;32-35H,4-31H2,1-3H3. The van der Waals surface area contributed by atoms with Crippen molar-refractivity contribution in [1.29, 1.82) is 0 Å². The highest BCUT2D eigenvalue weighted by Gasteiger charge is 2.36. The molecule has 80 heavy (non-hydrogen) atoms. The number of nitrogens with zero attached hydrogens (tertiary/aromatic N) is 2. The van der Waals surface area contributed by atoms with Gasteiger partial charge in [0.15, 0.2) is 0 Å². The van der Waals surface area contributed by atoms with Gasteiger partial charge in [-0.05, 0) is 154 Å². The van der Waals surface area contributed by atoms with Crippen molar-refractivity contribution in [3.8, 4) is 0 Å². The molecule has 2 saturated carbocycles. The van der Waals surface area contributed by atoms with E-state index in [1.165, 1.54) is 295 Å². The number of ether oxygens (including phenoxy) is 2. The number of unbranched alkanes of at least 4 members (excludes halogenated alkanes) is 34. The number of hydrogen-bond donors (Lipinski definition) is 0. The Kier molecular flexibility index (Phi) is 46.7. The molecule has 4 rings (SSSR count). The van der Waals surface area contributed by atoms with Crippen molar-refractivity contribution in [2.45, 2.75) is 387 Å². The topological polar surface area (TPSA) is 59.1 Å². The normalized spacial score (nSPS) is 20.6. The van der Waals surface area contributed by atoms with Crippen molar-refractivity contribution in [3.05, 3.63) is 0 Å². The Morgan fingerprint density at radius 3 is 0.738 bits per heavy atom. The number of carbonyl (C=O) groups excluding carboxylic acids is 2. The first kappa shape index (κ1) is 73.1. The molecule has 6 atom stereocenters. The van der Waals surface area contributed by atoms with Crippen molar-refractivity contribution in [3.63, 3.8) is 0 Å². The molecule has 0 aromatic heterocycles. The van der Waals surface area contributed by atoms with Gasteiger partial charge in [-0.2, -0.15) is 0 Å². The first-order chi connectivity index (χ1) is 39.3. The maximum absolute atomic E-state index is 13.0. The van der Waals surface area contributed by atoms with Crippen LogP contribution < -0.4 is 0 Å². The molecule has 0 bridgehead atoms. The summed E-state index contributed by atoms with van der Waals surface area (Å²) in [5, 5.41) is 0. The smallest absolute Gasteiger partial charge is 0.309 e. The summed E-state index contributed by atoms with van der Waals surface area (Å²) in [7, 11) is 4.32. The summed E-state index contributed by atoms with van der Waals surface area (Å²) in [5.41, 5.74) is 0. The fourth-order valence-electron chi connectivity index (χ4n) is 13.9. The summed E-state index contributed by atoms with van der Waals surface area (Å²) in [4.78, 5) is 30.5.